The van der Waals surface area contributed by atoms with Gasteiger partial charge in [-0.3, -0.25) is 0 Å². The van der Waals surface area contributed by atoms with Gasteiger partial charge >= 0.3 is 6.18 Å². The van der Waals surface area contributed by atoms with Crippen LogP contribution < -0.4 is 0 Å². The first-order valence-corrected chi connectivity index (χ1v) is 2.97. The van der Waals surface area contributed by atoms with Gasteiger partial charge < -0.3 is 5.11 Å². The molecule has 0 bridgehead atoms. The molecule has 0 rings (SSSR count). The summed E-state index contributed by atoms with van der Waals surface area (Å²) in [4.78, 5) is -1.35. The molecule has 0 atom stereocenters. The third-order valence-corrected chi connectivity index (χ3v) is 0.826. The second-order valence-corrected chi connectivity index (χ2v) is 2.55. The smallest absolute Gasteiger partial charge is 0.448 e. The lowest BCUT2D eigenvalue weighted by molar-refractivity contribution is -0.120. The topological polar surface area (TPSA) is 20.2 Å². The molecule has 1 N–H and O–H groups in total. The summed E-state index contributed by atoms with van der Waals surface area (Å²) in [6.45, 7) is 0. The number of rotatable bonds is 1. The van der Waals surface area contributed by atoms with Gasteiger partial charge in [0.1, 0.15) is 4.84 Å². The van der Waals surface area contributed by atoms with Crippen LogP contribution >= 0.6 is 23.2 Å². The molecule has 10 heavy (non-hydrogen) atoms. The molecule has 60 valence electrons. The molecular weight excluding hydrogens is 192 g/mol. The Labute approximate surface area is 65.0 Å². The van der Waals surface area contributed by atoms with Gasteiger partial charge in [0.25, 0.3) is 0 Å². The van der Waals surface area contributed by atoms with Gasteiger partial charge in [0.05, 0.1) is 0 Å². The lowest BCUT2D eigenvalue weighted by Gasteiger charge is -2.03. The van der Waals surface area contributed by atoms with Gasteiger partial charge in [-0.15, -0.1) is 23.2 Å². The summed E-state index contributed by atoms with van der Waals surface area (Å²) in [6, 6.07) is 0. The van der Waals surface area contributed by atoms with E-state index in [-0.39, 0.29) is 0 Å². The van der Waals surface area contributed by atoms with Gasteiger partial charge in [-0.1, -0.05) is 0 Å². The van der Waals surface area contributed by atoms with Crippen molar-refractivity contribution in [2.75, 3.05) is 0 Å². The molecule has 0 fully saturated rings. The Kier molecular flexibility index (Phi) is 3.31. The lowest BCUT2D eigenvalue weighted by atomic mass is 10.4. The average molecular weight is 195 g/mol. The largest absolute Gasteiger partial charge is 0.504 e. The van der Waals surface area contributed by atoms with Crippen LogP contribution in [0.4, 0.5) is 13.2 Å². The van der Waals surface area contributed by atoms with Crippen molar-refractivity contribution < 1.29 is 18.3 Å². The third kappa shape index (κ3) is 3.85. The van der Waals surface area contributed by atoms with Gasteiger partial charge in [0, 0.05) is 0 Å². The molecule has 0 aliphatic heterocycles. The normalized spacial score (nSPS) is 14.4. The maximum absolute atomic E-state index is 11.4. The van der Waals surface area contributed by atoms with Crippen LogP contribution in [0.2, 0.25) is 0 Å². The van der Waals surface area contributed by atoms with Gasteiger partial charge in [-0.25, -0.2) is 0 Å². The minimum Gasteiger partial charge on any atom is -0.504 e. The predicted molar refractivity (Wildman–Crippen MR) is 32.3 cm³/mol. The first-order valence-electron chi connectivity index (χ1n) is 2.10. The molecule has 1 nitrogen and oxygen atoms in total. The van der Waals surface area contributed by atoms with E-state index in [2.05, 4.69) is 0 Å². The van der Waals surface area contributed by atoms with Gasteiger partial charge in [-0.2, -0.15) is 13.2 Å². The van der Waals surface area contributed by atoms with Crippen molar-refractivity contribution in [1.29, 1.82) is 0 Å². The zero-order valence-corrected chi connectivity index (χ0v) is 6.00. The summed E-state index contributed by atoms with van der Waals surface area (Å²) in [5, 5.41) is 8.12. The predicted octanol–water partition coefficient (Wildman–Crippen LogP) is 2.79. The highest BCUT2D eigenvalue weighted by Gasteiger charge is 2.33. The lowest BCUT2D eigenvalue weighted by Crippen LogP contribution is -2.11. The van der Waals surface area contributed by atoms with Gasteiger partial charge in [-0.05, 0) is 6.08 Å². The number of hydrogen-bond acceptors (Lipinski definition) is 1. The maximum atomic E-state index is 11.4. The first-order chi connectivity index (χ1) is 4.34. The van der Waals surface area contributed by atoms with Crippen LogP contribution in [0.3, 0.4) is 0 Å². The zero-order valence-electron chi connectivity index (χ0n) is 4.49. The van der Waals surface area contributed by atoms with E-state index >= 15 is 0 Å². The number of allylic oxidation sites excluding steroid dienone is 2. The van der Waals surface area contributed by atoms with Crippen LogP contribution in [0.15, 0.2) is 11.8 Å². The van der Waals surface area contributed by atoms with Crippen LogP contribution in [0.1, 0.15) is 0 Å². The molecule has 0 heterocycles. The fourth-order valence-corrected chi connectivity index (χ4v) is 0.453. The molecule has 0 aliphatic carbocycles. The second-order valence-electron chi connectivity index (χ2n) is 1.38. The Balaban J connectivity index is 4.20. The Morgan fingerprint density at radius 1 is 1.40 bits per heavy atom. The van der Waals surface area contributed by atoms with Crippen molar-refractivity contribution in [1.82, 2.24) is 0 Å². The second kappa shape index (κ2) is 3.34. The molecule has 0 unspecified atom stereocenters. The van der Waals surface area contributed by atoms with Gasteiger partial charge in [0.15, 0.2) is 5.76 Å². The summed E-state index contributed by atoms with van der Waals surface area (Å²) in [7, 11) is 0. The molecular formula is C4H3Cl2F3O. The summed E-state index contributed by atoms with van der Waals surface area (Å²) in [5.41, 5.74) is 0. The molecule has 0 amide bonds. The maximum Gasteiger partial charge on any atom is 0.448 e. The van der Waals surface area contributed by atoms with Crippen LogP contribution in [0.5, 0.6) is 0 Å². The van der Waals surface area contributed by atoms with E-state index in [0.717, 1.165) is 0 Å². The van der Waals surface area contributed by atoms with Crippen LogP contribution in [-0.2, 0) is 0 Å². The molecule has 0 saturated carbocycles. The highest BCUT2D eigenvalue weighted by molar-refractivity contribution is 6.45. The van der Waals surface area contributed by atoms with Crippen LogP contribution in [0, 0.1) is 0 Å². The van der Waals surface area contributed by atoms with E-state index in [1.165, 1.54) is 0 Å². The molecule has 0 spiro atoms. The fourth-order valence-electron chi connectivity index (χ4n) is 0.214. The van der Waals surface area contributed by atoms with Crippen molar-refractivity contribution >= 4 is 23.2 Å². The zero-order chi connectivity index (χ0) is 8.36. The van der Waals surface area contributed by atoms with E-state index in [4.69, 9.17) is 28.3 Å². The highest BCUT2D eigenvalue weighted by Crippen LogP contribution is 2.24. The summed E-state index contributed by atoms with van der Waals surface area (Å²) >= 11 is 9.82. The monoisotopic (exact) mass is 194 g/mol. The molecule has 0 aromatic rings. The Morgan fingerprint density at radius 2 is 1.80 bits per heavy atom. The van der Waals surface area contributed by atoms with Crippen LogP contribution in [0.25, 0.3) is 0 Å². The van der Waals surface area contributed by atoms with E-state index in [1.54, 1.807) is 0 Å². The Bertz CT molecular complexity index is 140. The van der Waals surface area contributed by atoms with Crippen molar-refractivity contribution in [3.8, 4) is 0 Å². The SMILES string of the molecule is OC(=CC(Cl)Cl)C(F)(F)F. The molecule has 0 saturated heterocycles. The number of halogens is 5. The quantitative estimate of drug-likeness (QED) is 0.503. The fraction of sp³-hybridized carbons (Fsp3) is 0.500. The molecule has 0 aromatic heterocycles. The number of aliphatic hydroxyl groups excluding tert-OH is 1. The summed E-state index contributed by atoms with van der Waals surface area (Å²) in [6.07, 6.45) is -4.47. The Morgan fingerprint density at radius 3 is 1.90 bits per heavy atom. The minimum atomic E-state index is -4.76. The Hall–Kier alpha value is -0.0900. The first kappa shape index (κ1) is 9.91. The van der Waals surface area contributed by atoms with Crippen molar-refractivity contribution in [2.45, 2.75) is 11.0 Å². The number of aliphatic hydroxyl groups is 1. The molecule has 0 aliphatic rings. The standard InChI is InChI=1S/C4H3Cl2F3O/c5-3(6)1-2(10)4(7,8)9/h1,3,10H. The van der Waals surface area contributed by atoms with Crippen LogP contribution in [-0.4, -0.2) is 16.1 Å². The van der Waals surface area contributed by atoms with Gasteiger partial charge in [0.2, 0.25) is 0 Å². The minimum absolute atomic E-state index is 0.295. The molecule has 0 radical (unpaired) electrons. The van der Waals surface area contributed by atoms with E-state index in [9.17, 15) is 13.2 Å². The highest BCUT2D eigenvalue weighted by atomic mass is 35.5. The summed E-state index contributed by atoms with van der Waals surface area (Å²) < 4.78 is 34.1. The molecule has 0 aromatic carbocycles. The van der Waals surface area contributed by atoms with E-state index in [1.807, 2.05) is 0 Å². The number of alkyl halides is 5. The van der Waals surface area contributed by atoms with E-state index < -0.39 is 16.8 Å². The van der Waals surface area contributed by atoms with Crippen molar-refractivity contribution in [3.63, 3.8) is 0 Å². The third-order valence-electron chi connectivity index (χ3n) is 0.574. The number of hydrogen-bond donors (Lipinski definition) is 1. The summed E-state index contributed by atoms with van der Waals surface area (Å²) in [5.74, 6) is -1.78. The molecule has 6 heteroatoms. The van der Waals surface area contributed by atoms with Crippen molar-refractivity contribution in [2.24, 2.45) is 0 Å². The average Bonchev–Trinajstić information content (AvgIpc) is 1.60. The van der Waals surface area contributed by atoms with Crippen molar-refractivity contribution in [3.05, 3.63) is 11.8 Å². The van der Waals surface area contributed by atoms with E-state index in [0.29, 0.717) is 6.08 Å².